The third-order valence-electron chi connectivity index (χ3n) is 3.36. The van der Waals surface area contributed by atoms with Crippen molar-refractivity contribution in [1.29, 1.82) is 0 Å². The van der Waals surface area contributed by atoms with Gasteiger partial charge in [-0.05, 0) is 36.0 Å². The van der Waals surface area contributed by atoms with Crippen molar-refractivity contribution in [2.75, 3.05) is 7.11 Å². The molecule has 3 atom stereocenters. The third-order valence-corrected chi connectivity index (χ3v) is 3.36. The van der Waals surface area contributed by atoms with Crippen molar-refractivity contribution in [1.82, 2.24) is 0 Å². The summed E-state index contributed by atoms with van der Waals surface area (Å²) in [6, 6.07) is 8.69. The zero-order valence-corrected chi connectivity index (χ0v) is 8.73. The van der Waals surface area contributed by atoms with Gasteiger partial charge in [0.1, 0.15) is 5.75 Å². The van der Waals surface area contributed by atoms with Gasteiger partial charge in [-0.3, -0.25) is 0 Å². The van der Waals surface area contributed by atoms with Crippen molar-refractivity contribution >= 4 is 0 Å². The zero-order chi connectivity index (χ0) is 10.1. The van der Waals surface area contributed by atoms with Crippen LogP contribution in [0.2, 0.25) is 0 Å². The number of hydrogen-bond donors (Lipinski definition) is 1. The third kappa shape index (κ3) is 1.50. The SMILES string of the molecule is COc1cccc(C2CC(N)C2C)c1. The molecule has 0 aliphatic heterocycles. The predicted octanol–water partition coefficient (Wildman–Crippen LogP) is 2.15. The minimum absolute atomic E-state index is 0.381. The minimum Gasteiger partial charge on any atom is -0.497 e. The van der Waals surface area contributed by atoms with Crippen molar-refractivity contribution in [2.45, 2.75) is 25.3 Å². The number of nitrogens with two attached hydrogens (primary N) is 1. The summed E-state index contributed by atoms with van der Waals surface area (Å²) in [7, 11) is 1.70. The Labute approximate surface area is 85.1 Å². The molecular formula is C12H17NO. The van der Waals surface area contributed by atoms with E-state index in [0.717, 1.165) is 12.2 Å². The quantitative estimate of drug-likeness (QED) is 0.777. The van der Waals surface area contributed by atoms with Crippen LogP contribution in [0, 0.1) is 5.92 Å². The molecular weight excluding hydrogens is 174 g/mol. The molecule has 76 valence electrons. The van der Waals surface area contributed by atoms with E-state index in [1.807, 2.05) is 12.1 Å². The Bertz CT molecular complexity index is 324. The topological polar surface area (TPSA) is 35.2 Å². The Hall–Kier alpha value is -1.02. The second-order valence-corrected chi connectivity index (χ2v) is 4.14. The molecule has 3 unspecified atom stereocenters. The highest BCUT2D eigenvalue weighted by molar-refractivity contribution is 5.33. The van der Waals surface area contributed by atoms with Gasteiger partial charge in [-0.1, -0.05) is 19.1 Å². The van der Waals surface area contributed by atoms with Crippen molar-refractivity contribution in [3.63, 3.8) is 0 Å². The average molecular weight is 191 g/mol. The molecule has 2 nitrogen and oxygen atoms in total. The molecule has 1 aromatic carbocycles. The Morgan fingerprint density at radius 1 is 1.43 bits per heavy atom. The fourth-order valence-electron chi connectivity index (χ4n) is 2.14. The van der Waals surface area contributed by atoms with E-state index in [9.17, 15) is 0 Å². The standard InChI is InChI=1S/C12H17NO/c1-8-11(7-12(8)13)9-4-3-5-10(6-9)14-2/h3-6,8,11-12H,7,13H2,1-2H3. The van der Waals surface area contributed by atoms with Crippen LogP contribution in [0.3, 0.4) is 0 Å². The highest BCUT2D eigenvalue weighted by Gasteiger charge is 2.35. The van der Waals surface area contributed by atoms with Crippen LogP contribution in [-0.4, -0.2) is 13.2 Å². The Morgan fingerprint density at radius 2 is 2.21 bits per heavy atom. The fraction of sp³-hybridized carbons (Fsp3) is 0.500. The summed E-state index contributed by atoms with van der Waals surface area (Å²) in [6.45, 7) is 2.22. The summed E-state index contributed by atoms with van der Waals surface area (Å²) < 4.78 is 5.20. The van der Waals surface area contributed by atoms with Gasteiger partial charge in [0.25, 0.3) is 0 Å². The number of methoxy groups -OCH3 is 1. The molecule has 0 saturated heterocycles. The zero-order valence-electron chi connectivity index (χ0n) is 8.73. The summed E-state index contributed by atoms with van der Waals surface area (Å²) in [6.07, 6.45) is 1.11. The first-order chi connectivity index (χ1) is 6.72. The summed E-state index contributed by atoms with van der Waals surface area (Å²) in [5.41, 5.74) is 7.25. The van der Waals surface area contributed by atoms with Crippen LogP contribution < -0.4 is 10.5 Å². The van der Waals surface area contributed by atoms with Gasteiger partial charge in [-0.15, -0.1) is 0 Å². The number of benzene rings is 1. The smallest absolute Gasteiger partial charge is 0.119 e. The second-order valence-electron chi connectivity index (χ2n) is 4.14. The predicted molar refractivity (Wildman–Crippen MR) is 57.5 cm³/mol. The van der Waals surface area contributed by atoms with E-state index in [0.29, 0.717) is 17.9 Å². The maximum Gasteiger partial charge on any atom is 0.119 e. The number of hydrogen-bond acceptors (Lipinski definition) is 2. The van der Waals surface area contributed by atoms with Crippen molar-refractivity contribution in [2.24, 2.45) is 11.7 Å². The molecule has 2 rings (SSSR count). The monoisotopic (exact) mass is 191 g/mol. The van der Waals surface area contributed by atoms with Gasteiger partial charge in [0.15, 0.2) is 0 Å². The first-order valence-electron chi connectivity index (χ1n) is 5.12. The highest BCUT2D eigenvalue weighted by atomic mass is 16.5. The maximum atomic E-state index is 5.89. The van der Waals surface area contributed by atoms with Gasteiger partial charge in [-0.25, -0.2) is 0 Å². The molecule has 0 heterocycles. The van der Waals surface area contributed by atoms with Crippen molar-refractivity contribution in [3.8, 4) is 5.75 Å². The van der Waals surface area contributed by atoms with Crippen molar-refractivity contribution in [3.05, 3.63) is 29.8 Å². The van der Waals surface area contributed by atoms with Crippen LogP contribution in [0.4, 0.5) is 0 Å². The van der Waals surface area contributed by atoms with Gasteiger partial charge < -0.3 is 10.5 Å². The first-order valence-corrected chi connectivity index (χ1v) is 5.12. The van der Waals surface area contributed by atoms with E-state index < -0.39 is 0 Å². The molecule has 0 radical (unpaired) electrons. The summed E-state index contributed by atoms with van der Waals surface area (Å²) in [5.74, 6) is 2.16. The van der Waals surface area contributed by atoms with E-state index >= 15 is 0 Å². The van der Waals surface area contributed by atoms with Crippen LogP contribution in [0.25, 0.3) is 0 Å². The molecule has 1 aromatic rings. The van der Waals surface area contributed by atoms with Gasteiger partial charge >= 0.3 is 0 Å². The van der Waals surface area contributed by atoms with E-state index in [1.54, 1.807) is 7.11 Å². The van der Waals surface area contributed by atoms with Gasteiger partial charge in [-0.2, -0.15) is 0 Å². The molecule has 2 heteroatoms. The lowest BCUT2D eigenvalue weighted by molar-refractivity contribution is 0.226. The summed E-state index contributed by atoms with van der Waals surface area (Å²) in [5, 5.41) is 0. The lowest BCUT2D eigenvalue weighted by atomic mass is 9.67. The van der Waals surface area contributed by atoms with Crippen LogP contribution in [0.5, 0.6) is 5.75 Å². The molecule has 0 spiro atoms. The molecule has 2 N–H and O–H groups in total. The number of ether oxygens (including phenoxy) is 1. The molecule has 0 amide bonds. The minimum atomic E-state index is 0.381. The van der Waals surface area contributed by atoms with E-state index in [2.05, 4.69) is 19.1 Å². The highest BCUT2D eigenvalue weighted by Crippen LogP contribution is 2.41. The summed E-state index contributed by atoms with van der Waals surface area (Å²) >= 11 is 0. The summed E-state index contributed by atoms with van der Waals surface area (Å²) in [4.78, 5) is 0. The largest absolute Gasteiger partial charge is 0.497 e. The number of rotatable bonds is 2. The second kappa shape index (κ2) is 3.62. The van der Waals surface area contributed by atoms with Crippen molar-refractivity contribution < 1.29 is 4.74 Å². The van der Waals surface area contributed by atoms with Crippen LogP contribution >= 0.6 is 0 Å². The van der Waals surface area contributed by atoms with E-state index in [4.69, 9.17) is 10.5 Å². The van der Waals surface area contributed by atoms with Gasteiger partial charge in [0.2, 0.25) is 0 Å². The van der Waals surface area contributed by atoms with Gasteiger partial charge in [0.05, 0.1) is 7.11 Å². The molecule has 14 heavy (non-hydrogen) atoms. The molecule has 1 aliphatic carbocycles. The molecule has 1 fully saturated rings. The Morgan fingerprint density at radius 3 is 2.79 bits per heavy atom. The Balaban J connectivity index is 2.17. The van der Waals surface area contributed by atoms with Crippen LogP contribution in [0.15, 0.2) is 24.3 Å². The molecule has 1 saturated carbocycles. The lowest BCUT2D eigenvalue weighted by Crippen LogP contribution is -2.44. The van der Waals surface area contributed by atoms with Crippen LogP contribution in [-0.2, 0) is 0 Å². The van der Waals surface area contributed by atoms with E-state index in [1.165, 1.54) is 5.56 Å². The first kappa shape index (κ1) is 9.53. The molecule has 0 aromatic heterocycles. The normalized spacial score (nSPS) is 30.9. The fourth-order valence-corrected chi connectivity index (χ4v) is 2.14. The lowest BCUT2D eigenvalue weighted by Gasteiger charge is -2.40. The maximum absolute atomic E-state index is 5.89. The van der Waals surface area contributed by atoms with Gasteiger partial charge in [0, 0.05) is 6.04 Å². The Kier molecular flexibility index (Phi) is 2.46. The molecule has 0 bridgehead atoms. The average Bonchev–Trinajstić information content (AvgIpc) is 2.25. The molecule has 1 aliphatic rings. The van der Waals surface area contributed by atoms with Crippen LogP contribution in [0.1, 0.15) is 24.8 Å². The van der Waals surface area contributed by atoms with E-state index in [-0.39, 0.29) is 0 Å².